The van der Waals surface area contributed by atoms with Gasteiger partial charge in [0, 0.05) is 30.1 Å². The van der Waals surface area contributed by atoms with Gasteiger partial charge in [-0.1, -0.05) is 0 Å². The van der Waals surface area contributed by atoms with E-state index in [2.05, 4.69) is 15.6 Å². The molecule has 2 unspecified atom stereocenters. The number of rotatable bonds is 7. The molecule has 3 fully saturated rings. The quantitative estimate of drug-likeness (QED) is 0.471. The summed E-state index contributed by atoms with van der Waals surface area (Å²) in [4.78, 5) is 19.1. The second kappa shape index (κ2) is 7.86. The zero-order valence-electron chi connectivity index (χ0n) is 17.9. The third kappa shape index (κ3) is 3.91. The first-order chi connectivity index (χ1) is 15.5. The Hall–Kier alpha value is -2.42. The summed E-state index contributed by atoms with van der Waals surface area (Å²) in [6, 6.07) is 2.42. The highest BCUT2D eigenvalue weighted by Crippen LogP contribution is 2.44. The van der Waals surface area contributed by atoms with Crippen LogP contribution in [0.1, 0.15) is 62.3 Å². The maximum atomic E-state index is 13.2. The van der Waals surface area contributed by atoms with Gasteiger partial charge in [0.2, 0.25) is 12.4 Å². The zero-order chi connectivity index (χ0) is 21.8. The van der Waals surface area contributed by atoms with Crippen LogP contribution < -0.4 is 10.6 Å². The number of nitrogens with one attached hydrogen (secondary N) is 2. The van der Waals surface area contributed by atoms with E-state index in [0.717, 1.165) is 51.4 Å². The second-order valence-corrected chi connectivity index (χ2v) is 10.4. The van der Waals surface area contributed by atoms with Crippen molar-refractivity contribution in [2.75, 3.05) is 10.6 Å². The predicted molar refractivity (Wildman–Crippen MR) is 123 cm³/mol. The third-order valence-electron chi connectivity index (χ3n) is 6.68. The number of alkyl halides is 2. The molecule has 168 valence electrons. The highest BCUT2D eigenvalue weighted by Gasteiger charge is 2.33. The molecule has 3 aromatic rings. The van der Waals surface area contributed by atoms with Crippen LogP contribution in [0, 0.1) is 12.8 Å². The minimum Gasteiger partial charge on any atom is -0.367 e. The van der Waals surface area contributed by atoms with Gasteiger partial charge in [-0.3, -0.25) is 4.98 Å². The van der Waals surface area contributed by atoms with Crippen molar-refractivity contribution in [3.05, 3.63) is 23.7 Å². The van der Waals surface area contributed by atoms with E-state index in [4.69, 9.17) is 15.0 Å². The van der Waals surface area contributed by atoms with Crippen molar-refractivity contribution in [1.82, 2.24) is 19.9 Å². The molecule has 0 saturated heterocycles. The minimum atomic E-state index is -2.27. The Morgan fingerprint density at radius 2 is 1.81 bits per heavy atom. The van der Waals surface area contributed by atoms with E-state index in [1.165, 1.54) is 12.8 Å². The van der Waals surface area contributed by atoms with Crippen molar-refractivity contribution < 1.29 is 8.78 Å². The number of hydrogen-bond donors (Lipinski definition) is 2. The van der Waals surface area contributed by atoms with Crippen LogP contribution in [0.3, 0.4) is 0 Å². The summed E-state index contributed by atoms with van der Waals surface area (Å²) in [6.07, 6.45) is 5.91. The number of fused-ring (bicyclic) bond motifs is 1. The molecular weight excluding hydrogens is 430 g/mol. The Bertz CT molecular complexity index is 1160. The molecule has 0 radical (unpaired) electrons. The van der Waals surface area contributed by atoms with Gasteiger partial charge < -0.3 is 10.6 Å². The van der Waals surface area contributed by atoms with Crippen LogP contribution in [-0.2, 0) is 0 Å². The molecule has 2 N–H and O–H groups in total. The first-order valence-electron chi connectivity index (χ1n) is 11.5. The maximum absolute atomic E-state index is 13.2. The molecule has 3 saturated carbocycles. The van der Waals surface area contributed by atoms with Crippen molar-refractivity contribution in [2.24, 2.45) is 5.92 Å². The normalized spacial score (nSPS) is 23.2. The number of halogens is 2. The fourth-order valence-electron chi connectivity index (χ4n) is 4.62. The molecule has 32 heavy (non-hydrogen) atoms. The van der Waals surface area contributed by atoms with Gasteiger partial charge in [-0.15, -0.1) is 11.3 Å². The van der Waals surface area contributed by atoms with Gasteiger partial charge in [0.15, 0.2) is 0 Å². The lowest BCUT2D eigenvalue weighted by Gasteiger charge is -2.18. The Balaban J connectivity index is 1.39. The lowest BCUT2D eigenvalue weighted by molar-refractivity contribution is 0.0803. The molecular formula is C23H26F2N6S. The SMILES string of the molecule is Cc1nc(NC2CC2)nc(NC2CCC(C(F)F)C2)c1-c1nc2c(C3CC3)nccc2s1. The summed E-state index contributed by atoms with van der Waals surface area (Å²) in [5.41, 5.74) is 3.77. The average Bonchev–Trinajstić information content (AvgIpc) is 3.67. The summed E-state index contributed by atoms with van der Waals surface area (Å²) in [5.74, 6) is 1.26. The number of hydrogen-bond acceptors (Lipinski definition) is 7. The first kappa shape index (κ1) is 20.2. The molecule has 0 aromatic carbocycles. The topological polar surface area (TPSA) is 75.6 Å². The summed E-state index contributed by atoms with van der Waals surface area (Å²) >= 11 is 1.62. The lowest BCUT2D eigenvalue weighted by atomic mass is 10.1. The third-order valence-corrected chi connectivity index (χ3v) is 7.72. The van der Waals surface area contributed by atoms with Gasteiger partial charge in [0.25, 0.3) is 0 Å². The van der Waals surface area contributed by atoms with Crippen molar-refractivity contribution in [1.29, 1.82) is 0 Å². The molecule has 0 amide bonds. The van der Waals surface area contributed by atoms with Crippen molar-refractivity contribution in [2.45, 2.75) is 76.3 Å². The van der Waals surface area contributed by atoms with E-state index in [-0.39, 0.29) is 6.04 Å². The highest BCUT2D eigenvalue weighted by molar-refractivity contribution is 7.21. The molecule has 0 aliphatic heterocycles. The predicted octanol–water partition coefficient (Wildman–Crippen LogP) is 5.75. The van der Waals surface area contributed by atoms with E-state index < -0.39 is 12.3 Å². The molecule has 0 spiro atoms. The molecule has 2 atom stereocenters. The second-order valence-electron chi connectivity index (χ2n) is 9.36. The van der Waals surface area contributed by atoms with E-state index in [1.54, 1.807) is 11.3 Å². The van der Waals surface area contributed by atoms with Crippen molar-refractivity contribution >= 4 is 33.3 Å². The van der Waals surface area contributed by atoms with Crippen molar-refractivity contribution in [3.8, 4) is 10.6 Å². The molecule has 6 rings (SSSR count). The Kier molecular flexibility index (Phi) is 4.97. The van der Waals surface area contributed by atoms with Crippen LogP contribution in [0.25, 0.3) is 20.8 Å². The molecule has 3 heterocycles. The van der Waals surface area contributed by atoms with Gasteiger partial charge in [0.05, 0.1) is 21.7 Å². The van der Waals surface area contributed by atoms with Crippen LogP contribution in [0.4, 0.5) is 20.5 Å². The molecule has 6 nitrogen and oxygen atoms in total. The summed E-state index contributed by atoms with van der Waals surface area (Å²) in [7, 11) is 0. The molecule has 3 aromatic heterocycles. The molecule has 0 bridgehead atoms. The number of anilines is 2. The molecule has 3 aliphatic carbocycles. The molecule has 9 heteroatoms. The van der Waals surface area contributed by atoms with Gasteiger partial charge >= 0.3 is 0 Å². The van der Waals surface area contributed by atoms with E-state index in [1.807, 2.05) is 19.2 Å². The largest absolute Gasteiger partial charge is 0.367 e. The van der Waals surface area contributed by atoms with Crippen LogP contribution in [0.2, 0.25) is 0 Å². The number of aryl methyl sites for hydroxylation is 1. The summed E-state index contributed by atoms with van der Waals surface area (Å²) in [5, 5.41) is 7.72. The number of nitrogens with zero attached hydrogens (tertiary/aromatic N) is 4. The number of pyridine rings is 1. The Morgan fingerprint density at radius 3 is 2.53 bits per heavy atom. The highest BCUT2D eigenvalue weighted by atomic mass is 32.1. The van der Waals surface area contributed by atoms with Gasteiger partial charge in [-0.2, -0.15) is 4.98 Å². The lowest BCUT2D eigenvalue weighted by Crippen LogP contribution is -2.20. The fraction of sp³-hybridized carbons (Fsp3) is 0.565. The van der Waals surface area contributed by atoms with Crippen molar-refractivity contribution in [3.63, 3.8) is 0 Å². The maximum Gasteiger partial charge on any atom is 0.241 e. The zero-order valence-corrected chi connectivity index (χ0v) is 18.8. The summed E-state index contributed by atoms with van der Waals surface area (Å²) in [6.45, 7) is 1.98. The first-order valence-corrected chi connectivity index (χ1v) is 12.3. The smallest absolute Gasteiger partial charge is 0.241 e. The Labute approximate surface area is 189 Å². The number of aromatic nitrogens is 4. The minimum absolute atomic E-state index is 0.0195. The molecule has 3 aliphatic rings. The van der Waals surface area contributed by atoms with E-state index in [0.29, 0.717) is 36.6 Å². The van der Waals surface area contributed by atoms with Crippen LogP contribution in [0.15, 0.2) is 12.3 Å². The van der Waals surface area contributed by atoms with Crippen LogP contribution in [0.5, 0.6) is 0 Å². The van der Waals surface area contributed by atoms with Gasteiger partial charge in [-0.25, -0.2) is 18.7 Å². The van der Waals surface area contributed by atoms with E-state index >= 15 is 0 Å². The van der Waals surface area contributed by atoms with Crippen LogP contribution >= 0.6 is 11.3 Å². The van der Waals surface area contributed by atoms with Gasteiger partial charge in [-0.05, 0) is 57.9 Å². The number of thiazole rings is 1. The Morgan fingerprint density at radius 1 is 1.00 bits per heavy atom. The van der Waals surface area contributed by atoms with E-state index in [9.17, 15) is 8.78 Å². The monoisotopic (exact) mass is 456 g/mol. The standard InChI is InChI=1S/C23H26F2N6S/c1-11-17(22-30-19-16(32-22)8-9-26-18(19)12-2-3-12)21(31-23(27-11)29-14-6-7-14)28-15-5-4-13(10-15)20(24)25/h8-9,12-15,20H,2-7,10H2,1H3,(H2,27,28,29,31). The average molecular weight is 457 g/mol. The summed E-state index contributed by atoms with van der Waals surface area (Å²) < 4.78 is 27.6. The fourth-order valence-corrected chi connectivity index (χ4v) is 5.68. The van der Waals surface area contributed by atoms with Gasteiger partial charge in [0.1, 0.15) is 16.3 Å². The van der Waals surface area contributed by atoms with Crippen LogP contribution in [-0.4, -0.2) is 38.4 Å².